The molecular formula is C8H10BrNO2S. The average Bonchev–Trinajstić information content (AvgIpc) is 2.18. The van der Waals surface area contributed by atoms with Crippen LogP contribution in [0.25, 0.3) is 0 Å². The van der Waals surface area contributed by atoms with Crippen LogP contribution >= 0.6 is 15.9 Å². The molecule has 0 aromatic heterocycles. The van der Waals surface area contributed by atoms with E-state index in [0.717, 1.165) is 5.56 Å². The molecule has 13 heavy (non-hydrogen) atoms. The minimum absolute atomic E-state index is 0.298. The van der Waals surface area contributed by atoms with Crippen molar-refractivity contribution in [3.8, 4) is 0 Å². The van der Waals surface area contributed by atoms with Crippen LogP contribution in [0.2, 0.25) is 0 Å². The maximum absolute atomic E-state index is 11.3. The molecule has 0 aliphatic heterocycles. The maximum atomic E-state index is 11.3. The Bertz CT molecular complexity index is 389. The van der Waals surface area contributed by atoms with Gasteiger partial charge in [0.25, 0.3) is 0 Å². The summed E-state index contributed by atoms with van der Waals surface area (Å²) in [6.07, 6.45) is 0. The molecule has 0 saturated heterocycles. The van der Waals surface area contributed by atoms with E-state index in [2.05, 4.69) is 20.7 Å². The van der Waals surface area contributed by atoms with Crippen molar-refractivity contribution in [3.63, 3.8) is 0 Å². The van der Waals surface area contributed by atoms with Crippen LogP contribution in [0.15, 0.2) is 29.2 Å². The van der Waals surface area contributed by atoms with E-state index in [1.165, 1.54) is 7.05 Å². The Morgan fingerprint density at radius 3 is 2.69 bits per heavy atom. The van der Waals surface area contributed by atoms with Gasteiger partial charge in [-0.3, -0.25) is 0 Å². The highest BCUT2D eigenvalue weighted by Crippen LogP contribution is 2.12. The van der Waals surface area contributed by atoms with Gasteiger partial charge < -0.3 is 0 Å². The van der Waals surface area contributed by atoms with E-state index in [9.17, 15) is 8.42 Å². The highest BCUT2D eigenvalue weighted by molar-refractivity contribution is 9.08. The van der Waals surface area contributed by atoms with Crippen molar-refractivity contribution in [1.29, 1.82) is 0 Å². The summed E-state index contributed by atoms with van der Waals surface area (Å²) in [7, 11) is -1.90. The fourth-order valence-electron chi connectivity index (χ4n) is 0.914. The molecule has 0 unspecified atom stereocenters. The zero-order valence-electron chi connectivity index (χ0n) is 7.12. The maximum Gasteiger partial charge on any atom is 0.240 e. The van der Waals surface area contributed by atoms with Gasteiger partial charge in [-0.15, -0.1) is 0 Å². The van der Waals surface area contributed by atoms with Gasteiger partial charge in [-0.05, 0) is 24.7 Å². The van der Waals surface area contributed by atoms with E-state index >= 15 is 0 Å². The van der Waals surface area contributed by atoms with E-state index < -0.39 is 10.0 Å². The predicted molar refractivity (Wildman–Crippen MR) is 55.3 cm³/mol. The summed E-state index contributed by atoms with van der Waals surface area (Å²) in [5, 5.41) is 0.653. The molecule has 0 heterocycles. The smallest absolute Gasteiger partial charge is 0.214 e. The van der Waals surface area contributed by atoms with Gasteiger partial charge in [-0.2, -0.15) is 0 Å². The molecule has 0 aliphatic rings. The van der Waals surface area contributed by atoms with Gasteiger partial charge in [0.15, 0.2) is 0 Å². The Morgan fingerprint density at radius 1 is 1.46 bits per heavy atom. The van der Waals surface area contributed by atoms with Crippen LogP contribution in [-0.2, 0) is 15.4 Å². The van der Waals surface area contributed by atoms with Crippen molar-refractivity contribution in [3.05, 3.63) is 29.8 Å². The largest absolute Gasteiger partial charge is 0.240 e. The lowest BCUT2D eigenvalue weighted by Gasteiger charge is -2.03. The quantitative estimate of drug-likeness (QED) is 0.841. The molecule has 1 N–H and O–H groups in total. The van der Waals surface area contributed by atoms with E-state index in [1.54, 1.807) is 18.2 Å². The summed E-state index contributed by atoms with van der Waals surface area (Å²) in [5.41, 5.74) is 0.941. The fourth-order valence-corrected chi connectivity index (χ4v) is 2.06. The molecule has 0 atom stereocenters. The number of benzene rings is 1. The van der Waals surface area contributed by atoms with Gasteiger partial charge in [0, 0.05) is 5.33 Å². The molecule has 0 saturated carbocycles. The van der Waals surface area contributed by atoms with Gasteiger partial charge >= 0.3 is 0 Å². The molecule has 1 aromatic carbocycles. The van der Waals surface area contributed by atoms with Gasteiger partial charge in [0.2, 0.25) is 10.0 Å². The van der Waals surface area contributed by atoms with E-state index in [-0.39, 0.29) is 0 Å². The predicted octanol–water partition coefficient (Wildman–Crippen LogP) is 1.49. The molecule has 0 aliphatic carbocycles. The third-order valence-electron chi connectivity index (χ3n) is 1.63. The van der Waals surface area contributed by atoms with Crippen molar-refractivity contribution in [2.75, 3.05) is 7.05 Å². The highest BCUT2D eigenvalue weighted by Gasteiger charge is 2.10. The lowest BCUT2D eigenvalue weighted by molar-refractivity contribution is 0.588. The summed E-state index contributed by atoms with van der Waals surface area (Å²) in [6, 6.07) is 6.79. The van der Waals surface area contributed by atoms with E-state index in [4.69, 9.17) is 0 Å². The van der Waals surface area contributed by atoms with Crippen LogP contribution in [0.5, 0.6) is 0 Å². The fraction of sp³-hybridized carbons (Fsp3) is 0.250. The Kier molecular flexibility index (Phi) is 3.47. The minimum atomic E-state index is -3.30. The number of hydrogen-bond acceptors (Lipinski definition) is 2. The molecule has 5 heteroatoms. The molecule has 72 valence electrons. The van der Waals surface area contributed by atoms with Crippen LogP contribution < -0.4 is 4.72 Å². The first-order chi connectivity index (χ1) is 6.10. The molecule has 0 fully saturated rings. The van der Waals surface area contributed by atoms with Gasteiger partial charge in [-0.1, -0.05) is 28.1 Å². The van der Waals surface area contributed by atoms with Crippen LogP contribution in [0.4, 0.5) is 0 Å². The van der Waals surface area contributed by atoms with Crippen LogP contribution in [0.1, 0.15) is 5.56 Å². The first-order valence-electron chi connectivity index (χ1n) is 3.68. The van der Waals surface area contributed by atoms with Gasteiger partial charge in [-0.25, -0.2) is 13.1 Å². The van der Waals surface area contributed by atoms with Crippen molar-refractivity contribution >= 4 is 26.0 Å². The number of sulfonamides is 1. The summed E-state index contributed by atoms with van der Waals surface area (Å²) < 4.78 is 25.0. The Labute approximate surface area is 86.3 Å². The molecule has 1 aromatic rings. The number of hydrogen-bond donors (Lipinski definition) is 1. The summed E-state index contributed by atoms with van der Waals surface area (Å²) in [6.45, 7) is 0. The summed E-state index contributed by atoms with van der Waals surface area (Å²) >= 11 is 3.27. The van der Waals surface area contributed by atoms with Crippen molar-refractivity contribution < 1.29 is 8.42 Å². The Morgan fingerprint density at radius 2 is 2.15 bits per heavy atom. The molecular weight excluding hydrogens is 254 g/mol. The second kappa shape index (κ2) is 4.21. The first-order valence-corrected chi connectivity index (χ1v) is 6.29. The van der Waals surface area contributed by atoms with Crippen LogP contribution in [-0.4, -0.2) is 15.5 Å². The van der Waals surface area contributed by atoms with Crippen molar-refractivity contribution in [1.82, 2.24) is 4.72 Å². The lowest BCUT2D eigenvalue weighted by Crippen LogP contribution is -2.18. The average molecular weight is 264 g/mol. The van der Waals surface area contributed by atoms with Crippen molar-refractivity contribution in [2.24, 2.45) is 0 Å². The molecule has 0 radical (unpaired) electrons. The molecule has 0 spiro atoms. The van der Waals surface area contributed by atoms with Crippen LogP contribution in [0, 0.1) is 0 Å². The number of nitrogens with one attached hydrogen (secondary N) is 1. The lowest BCUT2D eigenvalue weighted by atomic mass is 10.2. The third kappa shape index (κ3) is 2.52. The van der Waals surface area contributed by atoms with E-state index in [0.29, 0.717) is 10.2 Å². The number of alkyl halides is 1. The second-order valence-electron chi connectivity index (χ2n) is 2.49. The topological polar surface area (TPSA) is 46.2 Å². The van der Waals surface area contributed by atoms with Crippen molar-refractivity contribution in [2.45, 2.75) is 10.2 Å². The Balaban J connectivity index is 3.17. The Hall–Kier alpha value is -0.390. The monoisotopic (exact) mass is 263 g/mol. The molecule has 3 nitrogen and oxygen atoms in total. The summed E-state index contributed by atoms with van der Waals surface area (Å²) in [4.78, 5) is 0.298. The normalized spacial score (nSPS) is 11.5. The SMILES string of the molecule is CNS(=O)(=O)c1cccc(CBr)c1. The number of halogens is 1. The standard InChI is InChI=1S/C8H10BrNO2S/c1-10-13(11,12)8-4-2-3-7(5-8)6-9/h2-5,10H,6H2,1H3. The number of rotatable bonds is 3. The van der Waals surface area contributed by atoms with E-state index in [1.807, 2.05) is 6.07 Å². The molecule has 0 bridgehead atoms. The molecule has 0 amide bonds. The zero-order valence-corrected chi connectivity index (χ0v) is 9.52. The van der Waals surface area contributed by atoms with Gasteiger partial charge in [0.05, 0.1) is 4.90 Å². The first kappa shape index (κ1) is 10.7. The summed E-state index contributed by atoms with van der Waals surface area (Å²) in [5.74, 6) is 0. The minimum Gasteiger partial charge on any atom is -0.214 e. The highest BCUT2D eigenvalue weighted by atomic mass is 79.9. The zero-order chi connectivity index (χ0) is 9.90. The second-order valence-corrected chi connectivity index (χ2v) is 4.94. The molecule has 1 rings (SSSR count). The van der Waals surface area contributed by atoms with Gasteiger partial charge in [0.1, 0.15) is 0 Å². The third-order valence-corrected chi connectivity index (χ3v) is 3.69. The van der Waals surface area contributed by atoms with Crippen LogP contribution in [0.3, 0.4) is 0 Å².